The molecule has 3 rings (SSSR count). The van der Waals surface area contributed by atoms with Crippen LogP contribution in [0.3, 0.4) is 0 Å². The third-order valence-corrected chi connectivity index (χ3v) is 5.01. The average molecular weight is 316 g/mol. The number of benzene rings is 1. The minimum Gasteiger partial charge on any atom is -0.341 e. The first-order chi connectivity index (χ1) is 11.2. The highest BCUT2D eigenvalue weighted by molar-refractivity contribution is 5.82. The number of nitrogens with zero attached hydrogens (tertiary/aromatic N) is 2. The van der Waals surface area contributed by atoms with Gasteiger partial charge in [0.2, 0.25) is 5.91 Å². The Labute approximate surface area is 137 Å². The zero-order valence-corrected chi connectivity index (χ0v) is 13.8. The van der Waals surface area contributed by atoms with Crippen LogP contribution in [-0.4, -0.2) is 47.9 Å². The molecule has 2 fully saturated rings. The van der Waals surface area contributed by atoms with Crippen LogP contribution >= 0.6 is 0 Å². The number of likely N-dealkylation sites (tertiary alicyclic amines) is 2. The molecule has 2 aliphatic heterocycles. The van der Waals surface area contributed by atoms with E-state index < -0.39 is 0 Å². The Morgan fingerprint density at radius 1 is 1.22 bits per heavy atom. The van der Waals surface area contributed by atoms with Gasteiger partial charge in [0.05, 0.1) is 6.04 Å². The fourth-order valence-electron chi connectivity index (χ4n) is 3.65. The van der Waals surface area contributed by atoms with E-state index in [1.165, 1.54) is 17.7 Å². The Morgan fingerprint density at radius 3 is 2.57 bits per heavy atom. The summed E-state index contributed by atoms with van der Waals surface area (Å²) in [7, 11) is 0. The van der Waals surface area contributed by atoms with Crippen molar-refractivity contribution >= 4 is 12.0 Å². The monoisotopic (exact) mass is 316 g/mol. The smallest absolute Gasteiger partial charge is 0.239 e. The Kier molecular flexibility index (Phi) is 5.11. The van der Waals surface area contributed by atoms with Crippen LogP contribution in [0.1, 0.15) is 38.2 Å². The van der Waals surface area contributed by atoms with E-state index in [2.05, 4.69) is 17.9 Å². The fourth-order valence-corrected chi connectivity index (χ4v) is 3.65. The summed E-state index contributed by atoms with van der Waals surface area (Å²) >= 11 is 0. The second kappa shape index (κ2) is 7.26. The molecule has 3 nitrogen and oxygen atoms in total. The van der Waals surface area contributed by atoms with Gasteiger partial charge >= 0.3 is 0 Å². The van der Waals surface area contributed by atoms with Crippen LogP contribution in [0.4, 0.5) is 4.39 Å². The molecule has 0 saturated carbocycles. The van der Waals surface area contributed by atoms with Crippen molar-refractivity contribution < 1.29 is 9.18 Å². The molecule has 1 amide bonds. The van der Waals surface area contributed by atoms with Gasteiger partial charge in [-0.3, -0.25) is 9.69 Å². The molecule has 1 aromatic rings. The Hall–Kier alpha value is -1.68. The van der Waals surface area contributed by atoms with Gasteiger partial charge in [0.1, 0.15) is 5.82 Å². The molecule has 0 aliphatic carbocycles. The lowest BCUT2D eigenvalue weighted by Crippen LogP contribution is -2.47. The summed E-state index contributed by atoms with van der Waals surface area (Å²) < 4.78 is 12.9. The van der Waals surface area contributed by atoms with Gasteiger partial charge in [-0.05, 0) is 56.5 Å². The number of carbonyl (C=O) groups excluding carboxylic acids is 1. The maximum atomic E-state index is 12.9. The van der Waals surface area contributed by atoms with Crippen LogP contribution < -0.4 is 0 Å². The van der Waals surface area contributed by atoms with E-state index in [1.54, 1.807) is 12.1 Å². The highest BCUT2D eigenvalue weighted by atomic mass is 19.1. The highest BCUT2D eigenvalue weighted by Crippen LogP contribution is 2.24. The molecule has 0 aromatic heterocycles. The Morgan fingerprint density at radius 2 is 1.91 bits per heavy atom. The molecule has 1 atom stereocenters. The van der Waals surface area contributed by atoms with Gasteiger partial charge < -0.3 is 4.90 Å². The summed E-state index contributed by atoms with van der Waals surface area (Å²) in [5.41, 5.74) is 2.38. The van der Waals surface area contributed by atoms with Gasteiger partial charge in [-0.1, -0.05) is 30.7 Å². The molecule has 1 aromatic carbocycles. The molecule has 0 bridgehead atoms. The number of carbonyl (C=O) groups is 1. The van der Waals surface area contributed by atoms with Crippen molar-refractivity contribution in [2.45, 2.75) is 38.6 Å². The van der Waals surface area contributed by atoms with Crippen LogP contribution in [0.25, 0.3) is 6.08 Å². The number of halogens is 1. The molecule has 124 valence electrons. The van der Waals surface area contributed by atoms with Crippen molar-refractivity contribution in [3.05, 3.63) is 41.2 Å². The fraction of sp³-hybridized carbons (Fsp3) is 0.526. The third-order valence-electron chi connectivity index (χ3n) is 5.01. The lowest BCUT2D eigenvalue weighted by Gasteiger charge is -2.33. The predicted molar refractivity (Wildman–Crippen MR) is 90.5 cm³/mol. The first-order valence-electron chi connectivity index (χ1n) is 8.65. The van der Waals surface area contributed by atoms with Crippen molar-refractivity contribution in [3.63, 3.8) is 0 Å². The van der Waals surface area contributed by atoms with Crippen LogP contribution in [0.2, 0.25) is 0 Å². The maximum absolute atomic E-state index is 12.9. The number of piperidine rings is 1. The van der Waals surface area contributed by atoms with Gasteiger partial charge in [0.15, 0.2) is 0 Å². The van der Waals surface area contributed by atoms with Gasteiger partial charge in [-0.2, -0.15) is 0 Å². The molecule has 2 aliphatic rings. The molecule has 2 saturated heterocycles. The third kappa shape index (κ3) is 3.81. The summed E-state index contributed by atoms with van der Waals surface area (Å²) in [5.74, 6) is 0.106. The van der Waals surface area contributed by atoms with E-state index in [0.29, 0.717) is 5.91 Å². The standard InChI is InChI=1S/C19H25FN2O/c1-2-21-11-3-4-18(21)19(23)22-12-9-16(10-13-22)14-15-5-7-17(20)8-6-15/h5-8,14,18H,2-4,9-13H2,1H3/t18-/m0/s1. The zero-order chi connectivity index (χ0) is 16.2. The average Bonchev–Trinajstić information content (AvgIpc) is 3.06. The van der Waals surface area contributed by atoms with Crippen molar-refractivity contribution in [2.75, 3.05) is 26.2 Å². The molecule has 0 unspecified atom stereocenters. The summed E-state index contributed by atoms with van der Waals surface area (Å²) in [6, 6.07) is 6.69. The number of amides is 1. The van der Waals surface area contributed by atoms with Crippen LogP contribution in [0.15, 0.2) is 29.8 Å². The van der Waals surface area contributed by atoms with E-state index in [0.717, 1.165) is 57.4 Å². The second-order valence-electron chi connectivity index (χ2n) is 6.47. The number of hydrogen-bond acceptors (Lipinski definition) is 2. The van der Waals surface area contributed by atoms with E-state index in [-0.39, 0.29) is 11.9 Å². The number of likely N-dealkylation sites (N-methyl/N-ethyl adjacent to an activating group) is 1. The van der Waals surface area contributed by atoms with Crippen molar-refractivity contribution in [1.29, 1.82) is 0 Å². The number of hydrogen-bond donors (Lipinski definition) is 0. The quantitative estimate of drug-likeness (QED) is 0.854. The highest BCUT2D eigenvalue weighted by Gasteiger charge is 2.33. The van der Waals surface area contributed by atoms with Crippen LogP contribution in [0, 0.1) is 5.82 Å². The van der Waals surface area contributed by atoms with Gasteiger partial charge in [-0.25, -0.2) is 4.39 Å². The Balaban J connectivity index is 1.57. The molecule has 0 N–H and O–H groups in total. The molecule has 4 heteroatoms. The topological polar surface area (TPSA) is 23.6 Å². The lowest BCUT2D eigenvalue weighted by atomic mass is 10.00. The van der Waals surface area contributed by atoms with Crippen molar-refractivity contribution in [2.24, 2.45) is 0 Å². The van der Waals surface area contributed by atoms with Gasteiger partial charge in [0, 0.05) is 13.1 Å². The number of rotatable bonds is 3. The summed E-state index contributed by atoms with van der Waals surface area (Å²) in [4.78, 5) is 17.0. The van der Waals surface area contributed by atoms with Gasteiger partial charge in [-0.15, -0.1) is 0 Å². The van der Waals surface area contributed by atoms with E-state index in [4.69, 9.17) is 0 Å². The van der Waals surface area contributed by atoms with E-state index >= 15 is 0 Å². The summed E-state index contributed by atoms with van der Waals surface area (Å²) in [6.07, 6.45) is 6.11. The summed E-state index contributed by atoms with van der Waals surface area (Å²) in [6.45, 7) is 5.75. The molecular formula is C19H25FN2O. The second-order valence-corrected chi connectivity index (χ2v) is 6.47. The van der Waals surface area contributed by atoms with Gasteiger partial charge in [0.25, 0.3) is 0 Å². The van der Waals surface area contributed by atoms with Crippen LogP contribution in [-0.2, 0) is 4.79 Å². The minimum atomic E-state index is -0.204. The first-order valence-corrected chi connectivity index (χ1v) is 8.65. The first kappa shape index (κ1) is 16.2. The minimum absolute atomic E-state index is 0.0997. The van der Waals surface area contributed by atoms with Crippen LogP contribution in [0.5, 0.6) is 0 Å². The molecule has 23 heavy (non-hydrogen) atoms. The molecule has 0 spiro atoms. The zero-order valence-electron chi connectivity index (χ0n) is 13.8. The molecule has 0 radical (unpaired) electrons. The summed E-state index contributed by atoms with van der Waals surface area (Å²) in [5, 5.41) is 0. The van der Waals surface area contributed by atoms with Crippen molar-refractivity contribution in [3.8, 4) is 0 Å². The predicted octanol–water partition coefficient (Wildman–Crippen LogP) is 3.32. The van der Waals surface area contributed by atoms with E-state index in [1.807, 2.05) is 4.90 Å². The normalized spacial score (nSPS) is 22.4. The molecular weight excluding hydrogens is 291 g/mol. The van der Waals surface area contributed by atoms with E-state index in [9.17, 15) is 9.18 Å². The maximum Gasteiger partial charge on any atom is 0.239 e. The van der Waals surface area contributed by atoms with Crippen molar-refractivity contribution in [1.82, 2.24) is 9.80 Å². The largest absolute Gasteiger partial charge is 0.341 e. The Bertz CT molecular complexity index is 572. The lowest BCUT2D eigenvalue weighted by molar-refractivity contribution is -0.136. The SMILES string of the molecule is CCN1CCC[C@H]1C(=O)N1CCC(=Cc2ccc(F)cc2)CC1. The molecule has 2 heterocycles.